The van der Waals surface area contributed by atoms with Gasteiger partial charge in [0.25, 0.3) is 11.4 Å². The summed E-state index contributed by atoms with van der Waals surface area (Å²) in [6.07, 6.45) is 0.938. The summed E-state index contributed by atoms with van der Waals surface area (Å²) in [4.78, 5) is 47.6. The first-order chi connectivity index (χ1) is 14.1. The second kappa shape index (κ2) is 9.13. The average molecular weight is 461 g/mol. The van der Waals surface area contributed by atoms with Gasteiger partial charge in [0, 0.05) is 0 Å². The molecule has 4 atom stereocenters. The Labute approximate surface area is 176 Å². The first-order valence-electron chi connectivity index (χ1n) is 9.30. The van der Waals surface area contributed by atoms with E-state index in [1.807, 2.05) is 0 Å². The Kier molecular flexibility index (Phi) is 6.96. The van der Waals surface area contributed by atoms with Crippen molar-refractivity contribution in [2.45, 2.75) is 37.8 Å². The molecule has 0 bridgehead atoms. The van der Waals surface area contributed by atoms with Crippen LogP contribution in [0, 0.1) is 5.92 Å². The summed E-state index contributed by atoms with van der Waals surface area (Å²) in [5.41, 5.74) is 0.0471. The minimum Gasteiger partial charge on any atom is -0.464 e. The number of ether oxygens (including phenoxy) is 2. The number of esters is 1. The molecular formula is C18H22ClN2O8P. The maximum atomic E-state index is 12.9. The van der Waals surface area contributed by atoms with Gasteiger partial charge in [0.05, 0.1) is 47.6 Å². The fourth-order valence-corrected chi connectivity index (χ4v) is 4.53. The van der Waals surface area contributed by atoms with Crippen LogP contribution in [0.4, 0.5) is 0 Å². The van der Waals surface area contributed by atoms with E-state index in [0.717, 1.165) is 0 Å². The SMILES string of the molecule is CCOC(=O)C(OCC1CC(O)C(n2cnc3cccc(Cl)c3c2=O)C1)P(=O)(O)O. The van der Waals surface area contributed by atoms with Crippen LogP contribution in [0.3, 0.4) is 0 Å². The highest BCUT2D eigenvalue weighted by molar-refractivity contribution is 7.53. The monoisotopic (exact) mass is 460 g/mol. The second-order valence-electron chi connectivity index (χ2n) is 7.09. The van der Waals surface area contributed by atoms with Crippen molar-refractivity contribution in [3.8, 4) is 0 Å². The summed E-state index contributed by atoms with van der Waals surface area (Å²) in [6, 6.07) is 4.30. The van der Waals surface area contributed by atoms with E-state index in [1.54, 1.807) is 18.2 Å². The van der Waals surface area contributed by atoms with Gasteiger partial charge in [-0.2, -0.15) is 0 Å². The highest BCUT2D eigenvalue weighted by Crippen LogP contribution is 2.43. The molecule has 1 fully saturated rings. The number of rotatable bonds is 7. The number of halogens is 1. The van der Waals surface area contributed by atoms with E-state index < -0.39 is 37.1 Å². The minimum atomic E-state index is -4.89. The molecule has 2 aromatic rings. The molecule has 10 nitrogen and oxygen atoms in total. The van der Waals surface area contributed by atoms with Crippen molar-refractivity contribution < 1.29 is 33.7 Å². The Hall–Kier alpha value is -1.81. The molecule has 1 heterocycles. The number of nitrogens with zero attached hydrogens (tertiary/aromatic N) is 2. The summed E-state index contributed by atoms with van der Waals surface area (Å²) >= 11 is 6.14. The lowest BCUT2D eigenvalue weighted by Gasteiger charge is -2.20. The number of fused-ring (bicyclic) bond motifs is 1. The fraction of sp³-hybridized carbons (Fsp3) is 0.500. The zero-order valence-corrected chi connectivity index (χ0v) is 17.7. The normalized spacial score (nSPS) is 22.9. The van der Waals surface area contributed by atoms with Crippen LogP contribution in [-0.4, -0.2) is 55.6 Å². The number of aromatic nitrogens is 2. The highest BCUT2D eigenvalue weighted by Gasteiger charge is 2.41. The van der Waals surface area contributed by atoms with Gasteiger partial charge in [0.15, 0.2) is 0 Å². The molecule has 3 rings (SSSR count). The van der Waals surface area contributed by atoms with E-state index in [1.165, 1.54) is 17.8 Å². The Morgan fingerprint density at radius 1 is 1.40 bits per heavy atom. The number of aliphatic hydroxyl groups excluding tert-OH is 1. The summed E-state index contributed by atoms with van der Waals surface area (Å²) in [7, 11) is -4.89. The largest absolute Gasteiger partial charge is 0.464 e. The fourth-order valence-electron chi connectivity index (χ4n) is 3.65. The van der Waals surface area contributed by atoms with Crippen LogP contribution in [0.5, 0.6) is 0 Å². The zero-order valence-electron chi connectivity index (χ0n) is 16.0. The second-order valence-corrected chi connectivity index (χ2v) is 9.14. The lowest BCUT2D eigenvalue weighted by molar-refractivity contribution is -0.152. The molecule has 30 heavy (non-hydrogen) atoms. The molecule has 0 spiro atoms. The first kappa shape index (κ1) is 22.9. The van der Waals surface area contributed by atoms with Gasteiger partial charge in [-0.15, -0.1) is 0 Å². The van der Waals surface area contributed by atoms with E-state index in [4.69, 9.17) is 16.3 Å². The van der Waals surface area contributed by atoms with Crippen LogP contribution < -0.4 is 5.56 Å². The third kappa shape index (κ3) is 4.74. The molecule has 3 N–H and O–H groups in total. The maximum absolute atomic E-state index is 12.9. The quantitative estimate of drug-likeness (QED) is 0.412. The van der Waals surface area contributed by atoms with E-state index >= 15 is 0 Å². The van der Waals surface area contributed by atoms with Crippen LogP contribution in [0.2, 0.25) is 5.02 Å². The molecule has 1 aromatic heterocycles. The molecule has 1 aliphatic carbocycles. The predicted octanol–water partition coefficient (Wildman–Crippen LogP) is 1.45. The van der Waals surface area contributed by atoms with Crippen molar-refractivity contribution in [2.24, 2.45) is 5.92 Å². The highest BCUT2D eigenvalue weighted by atomic mass is 35.5. The van der Waals surface area contributed by atoms with Crippen LogP contribution in [0.25, 0.3) is 10.9 Å². The number of benzene rings is 1. The van der Waals surface area contributed by atoms with Crippen molar-refractivity contribution in [1.82, 2.24) is 9.55 Å². The van der Waals surface area contributed by atoms with Crippen LogP contribution in [0.15, 0.2) is 29.3 Å². The third-order valence-electron chi connectivity index (χ3n) is 5.00. The lowest BCUT2D eigenvalue weighted by atomic mass is 10.1. The smallest absolute Gasteiger partial charge is 0.365 e. The number of hydrogen-bond acceptors (Lipinski definition) is 7. The van der Waals surface area contributed by atoms with E-state index in [2.05, 4.69) is 9.72 Å². The van der Waals surface area contributed by atoms with E-state index in [9.17, 15) is 29.0 Å². The topological polar surface area (TPSA) is 148 Å². The van der Waals surface area contributed by atoms with Crippen molar-refractivity contribution in [2.75, 3.05) is 13.2 Å². The molecule has 0 radical (unpaired) electrons. The van der Waals surface area contributed by atoms with Crippen LogP contribution in [-0.2, 0) is 18.8 Å². The zero-order chi connectivity index (χ0) is 22.1. The molecule has 1 saturated carbocycles. The van der Waals surface area contributed by atoms with Gasteiger partial charge >= 0.3 is 13.6 Å². The van der Waals surface area contributed by atoms with Gasteiger partial charge in [-0.05, 0) is 37.8 Å². The van der Waals surface area contributed by atoms with Crippen molar-refractivity contribution in [3.05, 3.63) is 39.9 Å². The summed E-state index contributed by atoms with van der Waals surface area (Å²) in [5, 5.41) is 11.0. The Morgan fingerprint density at radius 2 is 2.13 bits per heavy atom. The Balaban J connectivity index is 1.76. The standard InChI is InChI=1S/C18H22ClN2O8P/c1-2-28-17(24)18(30(25,26)27)29-8-10-6-13(14(22)7-10)21-9-20-12-5-3-4-11(19)15(12)16(21)23/h3-5,9-10,13-14,18,22H,2,6-8H2,1H3,(H2,25,26,27). The van der Waals surface area contributed by atoms with Gasteiger partial charge in [-0.25, -0.2) is 9.78 Å². The Bertz CT molecular complexity index is 1040. The van der Waals surface area contributed by atoms with Gasteiger partial charge in [0.2, 0.25) is 0 Å². The number of aliphatic hydroxyl groups is 1. The Morgan fingerprint density at radius 3 is 2.80 bits per heavy atom. The van der Waals surface area contributed by atoms with Crippen molar-refractivity contribution >= 4 is 36.1 Å². The summed E-state index contributed by atoms with van der Waals surface area (Å²) in [5.74, 6) is -3.52. The van der Waals surface area contributed by atoms with Crippen molar-refractivity contribution in [3.63, 3.8) is 0 Å². The average Bonchev–Trinajstić information content (AvgIpc) is 3.01. The molecular weight excluding hydrogens is 439 g/mol. The molecule has 1 aromatic carbocycles. The maximum Gasteiger partial charge on any atom is 0.365 e. The lowest BCUT2D eigenvalue weighted by Crippen LogP contribution is -2.29. The van der Waals surface area contributed by atoms with Gasteiger partial charge < -0.3 is 24.4 Å². The third-order valence-corrected chi connectivity index (χ3v) is 6.28. The molecule has 1 aliphatic rings. The van der Waals surface area contributed by atoms with Crippen LogP contribution in [0.1, 0.15) is 25.8 Å². The minimum absolute atomic E-state index is 0.0522. The molecule has 0 amide bonds. The summed E-state index contributed by atoms with van der Waals surface area (Å²) < 4.78 is 22.7. The van der Waals surface area contributed by atoms with Gasteiger partial charge in [-0.1, -0.05) is 17.7 Å². The van der Waals surface area contributed by atoms with E-state index in [-0.39, 0.29) is 42.4 Å². The molecule has 4 unspecified atom stereocenters. The number of carbonyl (C=O) groups is 1. The first-order valence-corrected chi connectivity index (χ1v) is 11.4. The summed E-state index contributed by atoms with van der Waals surface area (Å²) in [6.45, 7) is 1.26. The predicted molar refractivity (Wildman–Crippen MR) is 107 cm³/mol. The van der Waals surface area contributed by atoms with Crippen LogP contribution >= 0.6 is 19.2 Å². The van der Waals surface area contributed by atoms with Gasteiger partial charge in [0.1, 0.15) is 0 Å². The molecule has 0 saturated heterocycles. The molecule has 164 valence electrons. The molecule has 0 aliphatic heterocycles. The van der Waals surface area contributed by atoms with E-state index in [0.29, 0.717) is 5.52 Å². The van der Waals surface area contributed by atoms with Crippen molar-refractivity contribution in [1.29, 1.82) is 0 Å². The number of carbonyl (C=O) groups excluding carboxylic acids is 1. The molecule has 12 heteroatoms. The number of hydrogen-bond donors (Lipinski definition) is 3. The van der Waals surface area contributed by atoms with Gasteiger partial charge in [-0.3, -0.25) is 13.9 Å².